The predicted octanol–water partition coefficient (Wildman–Crippen LogP) is 4.15. The van der Waals surface area contributed by atoms with Crippen molar-refractivity contribution in [3.63, 3.8) is 0 Å². The van der Waals surface area contributed by atoms with Crippen LogP contribution in [0.25, 0.3) is 22.0 Å². The van der Waals surface area contributed by atoms with E-state index in [1.54, 1.807) is 6.07 Å². The molecule has 0 aliphatic rings. The number of sulfonamides is 1. The fraction of sp³-hybridized carbons (Fsp3) is 0.316. The maximum Gasteiger partial charge on any atom is 0.244 e. The highest BCUT2D eigenvalue weighted by molar-refractivity contribution is 7.89. The highest BCUT2D eigenvalue weighted by atomic mass is 32.2. The van der Waals surface area contributed by atoms with Gasteiger partial charge in [-0.05, 0) is 13.0 Å². The van der Waals surface area contributed by atoms with Crippen molar-refractivity contribution >= 4 is 21.4 Å². The molecular formula is C19H23N3O2S2. The van der Waals surface area contributed by atoms with E-state index in [9.17, 15) is 8.42 Å². The lowest BCUT2D eigenvalue weighted by Crippen LogP contribution is -2.30. The Morgan fingerprint density at radius 3 is 2.42 bits per heavy atom. The van der Waals surface area contributed by atoms with E-state index in [1.807, 2.05) is 68.1 Å². The van der Waals surface area contributed by atoms with Crippen molar-refractivity contribution in [1.29, 1.82) is 0 Å². The Kier molecular flexibility index (Phi) is 5.32. The second kappa shape index (κ2) is 7.34. The number of aromatic nitrogens is 2. The number of hydrogen-bond acceptors (Lipinski definition) is 4. The topological polar surface area (TPSA) is 55.2 Å². The monoisotopic (exact) mass is 389 g/mol. The first kappa shape index (κ1) is 18.8. The van der Waals surface area contributed by atoms with E-state index in [0.717, 1.165) is 27.7 Å². The predicted molar refractivity (Wildman–Crippen MR) is 107 cm³/mol. The summed E-state index contributed by atoms with van der Waals surface area (Å²) in [5.74, 6) is 0. The molecule has 0 amide bonds. The zero-order valence-electron chi connectivity index (χ0n) is 15.4. The Balaban J connectivity index is 2.05. The zero-order valence-corrected chi connectivity index (χ0v) is 17.1. The van der Waals surface area contributed by atoms with E-state index in [-0.39, 0.29) is 0 Å². The summed E-state index contributed by atoms with van der Waals surface area (Å²) in [4.78, 5) is 5.08. The third-order valence-electron chi connectivity index (χ3n) is 4.60. The van der Waals surface area contributed by atoms with Gasteiger partial charge in [-0.1, -0.05) is 44.2 Å². The number of hydrogen-bond donors (Lipinski definition) is 0. The molecule has 0 saturated carbocycles. The standard InChI is InChI=1S/C19H23N3O2S2/c1-5-22(6-2)26(23,24)18-12-17(21(4)14(18)3)19-20-16(13-25-19)15-10-8-7-9-11-15/h7-13H,5-6H2,1-4H3. The van der Waals surface area contributed by atoms with Crippen LogP contribution in [-0.2, 0) is 17.1 Å². The summed E-state index contributed by atoms with van der Waals surface area (Å²) in [7, 11) is -1.61. The van der Waals surface area contributed by atoms with Gasteiger partial charge in [0.05, 0.1) is 11.4 Å². The first-order valence-electron chi connectivity index (χ1n) is 8.57. The SMILES string of the molecule is CCN(CC)S(=O)(=O)c1cc(-c2nc(-c3ccccc3)cs2)n(C)c1C. The van der Waals surface area contributed by atoms with E-state index < -0.39 is 10.0 Å². The molecule has 0 bridgehead atoms. The van der Waals surface area contributed by atoms with Gasteiger partial charge in [-0.2, -0.15) is 4.31 Å². The fourth-order valence-corrected chi connectivity index (χ4v) is 5.58. The average molecular weight is 390 g/mol. The molecule has 0 N–H and O–H groups in total. The van der Waals surface area contributed by atoms with E-state index >= 15 is 0 Å². The number of thiazole rings is 1. The Hall–Kier alpha value is -1.96. The van der Waals surface area contributed by atoms with Crippen LogP contribution in [0.1, 0.15) is 19.5 Å². The molecule has 0 spiro atoms. The van der Waals surface area contributed by atoms with Crippen LogP contribution in [-0.4, -0.2) is 35.4 Å². The Morgan fingerprint density at radius 2 is 1.81 bits per heavy atom. The minimum Gasteiger partial charge on any atom is -0.345 e. The molecule has 0 saturated heterocycles. The van der Waals surface area contributed by atoms with Crippen LogP contribution in [0, 0.1) is 6.92 Å². The van der Waals surface area contributed by atoms with Crippen LogP contribution >= 0.6 is 11.3 Å². The molecule has 5 nitrogen and oxygen atoms in total. The van der Waals surface area contributed by atoms with Crippen LogP contribution in [0.4, 0.5) is 0 Å². The second-order valence-corrected chi connectivity index (χ2v) is 8.80. The molecule has 1 aromatic carbocycles. The van der Waals surface area contributed by atoms with E-state index in [4.69, 9.17) is 4.98 Å². The molecule has 7 heteroatoms. The van der Waals surface area contributed by atoms with Gasteiger partial charge in [0, 0.05) is 36.8 Å². The van der Waals surface area contributed by atoms with Crippen LogP contribution in [0.15, 0.2) is 46.7 Å². The molecule has 26 heavy (non-hydrogen) atoms. The van der Waals surface area contributed by atoms with Crippen molar-refractivity contribution in [2.75, 3.05) is 13.1 Å². The molecule has 0 fully saturated rings. The van der Waals surface area contributed by atoms with Gasteiger partial charge < -0.3 is 4.57 Å². The van der Waals surface area contributed by atoms with Gasteiger partial charge in [-0.3, -0.25) is 0 Å². The molecule has 3 aromatic rings. The number of nitrogens with zero attached hydrogens (tertiary/aromatic N) is 3. The van der Waals surface area contributed by atoms with Gasteiger partial charge in [0.15, 0.2) is 0 Å². The largest absolute Gasteiger partial charge is 0.345 e. The quantitative estimate of drug-likeness (QED) is 0.636. The van der Waals surface area contributed by atoms with Gasteiger partial charge in [-0.25, -0.2) is 13.4 Å². The minimum absolute atomic E-state index is 0.357. The zero-order chi connectivity index (χ0) is 18.9. The molecule has 2 heterocycles. The maximum atomic E-state index is 12.9. The lowest BCUT2D eigenvalue weighted by atomic mass is 10.2. The highest BCUT2D eigenvalue weighted by Crippen LogP contribution is 2.33. The third kappa shape index (κ3) is 3.22. The van der Waals surface area contributed by atoms with Crippen LogP contribution in [0.5, 0.6) is 0 Å². The van der Waals surface area contributed by atoms with Crippen LogP contribution < -0.4 is 0 Å². The minimum atomic E-state index is -3.50. The van der Waals surface area contributed by atoms with Crippen LogP contribution in [0.2, 0.25) is 0 Å². The molecule has 0 unspecified atom stereocenters. The normalized spacial score (nSPS) is 12.0. The van der Waals surface area contributed by atoms with Gasteiger partial charge in [0.25, 0.3) is 0 Å². The first-order chi connectivity index (χ1) is 12.4. The average Bonchev–Trinajstić information content (AvgIpc) is 3.23. The summed E-state index contributed by atoms with van der Waals surface area (Å²) in [6.45, 7) is 6.46. The van der Waals surface area contributed by atoms with Gasteiger partial charge in [0.2, 0.25) is 10.0 Å². The Bertz CT molecular complexity index is 1000. The summed E-state index contributed by atoms with van der Waals surface area (Å²) in [5.41, 5.74) is 3.50. The molecular weight excluding hydrogens is 366 g/mol. The lowest BCUT2D eigenvalue weighted by Gasteiger charge is -2.18. The number of rotatable bonds is 6. The molecule has 0 aliphatic heterocycles. The summed E-state index contributed by atoms with van der Waals surface area (Å²) in [6.07, 6.45) is 0. The molecule has 0 atom stereocenters. The van der Waals surface area contributed by atoms with Gasteiger partial charge in [-0.15, -0.1) is 11.3 Å². The Morgan fingerprint density at radius 1 is 1.15 bits per heavy atom. The molecule has 3 rings (SSSR count). The van der Waals surface area contributed by atoms with Gasteiger partial charge in [0.1, 0.15) is 9.90 Å². The molecule has 0 radical (unpaired) electrons. The van der Waals surface area contributed by atoms with Crippen molar-refractivity contribution in [3.8, 4) is 22.0 Å². The van der Waals surface area contributed by atoms with Crippen molar-refractivity contribution in [3.05, 3.63) is 47.5 Å². The number of benzene rings is 1. The van der Waals surface area contributed by atoms with E-state index in [0.29, 0.717) is 18.0 Å². The van der Waals surface area contributed by atoms with Crippen molar-refractivity contribution < 1.29 is 8.42 Å². The molecule has 0 aliphatic carbocycles. The fourth-order valence-electron chi connectivity index (χ4n) is 2.97. The third-order valence-corrected chi connectivity index (χ3v) is 7.64. The maximum absolute atomic E-state index is 12.9. The van der Waals surface area contributed by atoms with Crippen LogP contribution in [0.3, 0.4) is 0 Å². The first-order valence-corrected chi connectivity index (χ1v) is 10.9. The summed E-state index contributed by atoms with van der Waals surface area (Å²) in [6, 6.07) is 11.7. The lowest BCUT2D eigenvalue weighted by molar-refractivity contribution is 0.444. The summed E-state index contributed by atoms with van der Waals surface area (Å²) in [5, 5.41) is 2.82. The smallest absolute Gasteiger partial charge is 0.244 e. The van der Waals surface area contributed by atoms with Crippen molar-refractivity contribution in [2.24, 2.45) is 7.05 Å². The molecule has 2 aromatic heterocycles. The van der Waals surface area contributed by atoms with E-state index in [2.05, 4.69) is 0 Å². The summed E-state index contributed by atoms with van der Waals surface area (Å²) >= 11 is 1.52. The Labute approximate surface area is 159 Å². The second-order valence-electron chi connectivity index (χ2n) is 6.03. The van der Waals surface area contributed by atoms with Crippen molar-refractivity contribution in [1.82, 2.24) is 13.9 Å². The van der Waals surface area contributed by atoms with Gasteiger partial charge >= 0.3 is 0 Å². The summed E-state index contributed by atoms with van der Waals surface area (Å²) < 4.78 is 29.3. The van der Waals surface area contributed by atoms with E-state index in [1.165, 1.54) is 15.6 Å². The molecule has 138 valence electrons. The van der Waals surface area contributed by atoms with Crippen molar-refractivity contribution in [2.45, 2.75) is 25.7 Å². The highest BCUT2D eigenvalue weighted by Gasteiger charge is 2.27.